The highest BCUT2D eigenvalue weighted by atomic mass is 16.2. The summed E-state index contributed by atoms with van der Waals surface area (Å²) in [6.45, 7) is 3.81. The maximum Gasteiger partial charge on any atom is 0.319 e. The van der Waals surface area contributed by atoms with E-state index in [9.17, 15) is 9.59 Å². The third kappa shape index (κ3) is 4.59. The highest BCUT2D eigenvalue weighted by Crippen LogP contribution is 2.16. The molecule has 2 aromatic rings. The van der Waals surface area contributed by atoms with Crippen molar-refractivity contribution in [2.24, 2.45) is 0 Å². The summed E-state index contributed by atoms with van der Waals surface area (Å²) in [5.41, 5.74) is 1.73. The lowest BCUT2D eigenvalue weighted by Gasteiger charge is -2.22. The Kier molecular flexibility index (Phi) is 5.33. The predicted octanol–water partition coefficient (Wildman–Crippen LogP) is 2.06. The molecular formula is C18H23N5O2. The Morgan fingerprint density at radius 1 is 1.32 bits per heavy atom. The molecule has 3 rings (SSSR count). The number of nitrogens with zero attached hydrogens (tertiary/aromatic N) is 3. The van der Waals surface area contributed by atoms with Gasteiger partial charge in [-0.05, 0) is 31.0 Å². The lowest BCUT2D eigenvalue weighted by atomic mass is 10.2. The number of urea groups is 1. The van der Waals surface area contributed by atoms with Crippen LogP contribution in [0.25, 0.3) is 0 Å². The number of anilines is 1. The standard InChI is InChI=1S/C18H23N5O2/c1-14(12-22-10-4-8-17(22)24)20-18(25)21-16-7-3-2-6-15(16)13-23-11-5-9-19-23/h2-3,5-7,9,11,14H,4,8,10,12-13H2,1H3,(H2,20,21,25)/t14-/m0/s1. The van der Waals surface area contributed by atoms with Gasteiger partial charge in [0.05, 0.1) is 6.54 Å². The first-order chi connectivity index (χ1) is 12.1. The summed E-state index contributed by atoms with van der Waals surface area (Å²) >= 11 is 0. The Balaban J connectivity index is 1.56. The van der Waals surface area contributed by atoms with E-state index in [1.165, 1.54) is 0 Å². The van der Waals surface area contributed by atoms with Crippen LogP contribution in [-0.2, 0) is 11.3 Å². The fourth-order valence-electron chi connectivity index (χ4n) is 3.00. The van der Waals surface area contributed by atoms with Crippen LogP contribution in [0.3, 0.4) is 0 Å². The molecule has 0 radical (unpaired) electrons. The third-order valence-electron chi connectivity index (χ3n) is 4.20. The minimum atomic E-state index is -0.271. The molecule has 0 saturated carbocycles. The highest BCUT2D eigenvalue weighted by molar-refractivity contribution is 5.90. The molecule has 3 amide bonds. The van der Waals surface area contributed by atoms with E-state index < -0.39 is 0 Å². The van der Waals surface area contributed by atoms with Gasteiger partial charge in [0.15, 0.2) is 0 Å². The van der Waals surface area contributed by atoms with E-state index in [4.69, 9.17) is 0 Å². The summed E-state index contributed by atoms with van der Waals surface area (Å²) in [6.07, 6.45) is 5.12. The minimum absolute atomic E-state index is 0.111. The smallest absolute Gasteiger partial charge is 0.319 e. The van der Waals surface area contributed by atoms with Gasteiger partial charge in [-0.2, -0.15) is 5.10 Å². The van der Waals surface area contributed by atoms with Crippen molar-refractivity contribution in [3.05, 3.63) is 48.3 Å². The maximum absolute atomic E-state index is 12.3. The number of benzene rings is 1. The third-order valence-corrected chi connectivity index (χ3v) is 4.20. The zero-order chi connectivity index (χ0) is 17.6. The predicted molar refractivity (Wildman–Crippen MR) is 95.2 cm³/mol. The first-order valence-corrected chi connectivity index (χ1v) is 8.52. The van der Waals surface area contributed by atoms with E-state index in [2.05, 4.69) is 15.7 Å². The number of amides is 3. The van der Waals surface area contributed by atoms with Gasteiger partial charge >= 0.3 is 6.03 Å². The summed E-state index contributed by atoms with van der Waals surface area (Å²) in [7, 11) is 0. The van der Waals surface area contributed by atoms with Crippen molar-refractivity contribution in [2.45, 2.75) is 32.4 Å². The fraction of sp³-hybridized carbons (Fsp3) is 0.389. The molecular weight excluding hydrogens is 318 g/mol. The van der Waals surface area contributed by atoms with Gasteiger partial charge in [-0.1, -0.05) is 18.2 Å². The van der Waals surface area contributed by atoms with Crippen molar-refractivity contribution in [3.63, 3.8) is 0 Å². The first-order valence-electron chi connectivity index (χ1n) is 8.52. The normalized spacial score (nSPS) is 15.2. The number of hydrogen-bond acceptors (Lipinski definition) is 3. The average Bonchev–Trinajstić information content (AvgIpc) is 3.22. The number of carbonyl (C=O) groups excluding carboxylic acids is 2. The summed E-state index contributed by atoms with van der Waals surface area (Å²) in [6, 6.07) is 9.13. The van der Waals surface area contributed by atoms with Crippen LogP contribution in [0.2, 0.25) is 0 Å². The van der Waals surface area contributed by atoms with Crippen molar-refractivity contribution in [2.75, 3.05) is 18.4 Å². The minimum Gasteiger partial charge on any atom is -0.341 e. The maximum atomic E-state index is 12.3. The number of likely N-dealkylation sites (tertiary alicyclic amines) is 1. The van der Waals surface area contributed by atoms with Crippen LogP contribution in [-0.4, -0.2) is 45.8 Å². The molecule has 1 aromatic carbocycles. The van der Waals surface area contributed by atoms with Crippen LogP contribution in [0.5, 0.6) is 0 Å². The van der Waals surface area contributed by atoms with E-state index in [0.29, 0.717) is 19.5 Å². The molecule has 1 aliphatic heterocycles. The van der Waals surface area contributed by atoms with Crippen LogP contribution in [0, 0.1) is 0 Å². The van der Waals surface area contributed by atoms with Gasteiger partial charge in [-0.3, -0.25) is 9.48 Å². The molecule has 0 aliphatic carbocycles. The summed E-state index contributed by atoms with van der Waals surface area (Å²) in [5, 5.41) is 9.99. The zero-order valence-corrected chi connectivity index (χ0v) is 14.3. The second kappa shape index (κ2) is 7.83. The molecule has 132 valence electrons. The van der Waals surface area contributed by atoms with Gasteiger partial charge in [0, 0.05) is 43.6 Å². The summed E-state index contributed by atoms with van der Waals surface area (Å²) < 4.78 is 1.81. The van der Waals surface area contributed by atoms with Gasteiger partial charge in [0.1, 0.15) is 0 Å². The molecule has 7 heteroatoms. The molecule has 0 bridgehead atoms. The molecule has 2 heterocycles. The highest BCUT2D eigenvalue weighted by Gasteiger charge is 2.22. The average molecular weight is 341 g/mol. The number of rotatable bonds is 6. The lowest BCUT2D eigenvalue weighted by molar-refractivity contribution is -0.127. The largest absolute Gasteiger partial charge is 0.341 e. The van der Waals surface area contributed by atoms with E-state index in [0.717, 1.165) is 24.2 Å². The Bertz CT molecular complexity index is 729. The molecule has 1 aliphatic rings. The topological polar surface area (TPSA) is 79.3 Å². The number of hydrogen-bond donors (Lipinski definition) is 2. The van der Waals surface area contributed by atoms with Gasteiger partial charge in [-0.25, -0.2) is 4.79 Å². The van der Waals surface area contributed by atoms with E-state index >= 15 is 0 Å². The monoisotopic (exact) mass is 341 g/mol. The second-order valence-corrected chi connectivity index (χ2v) is 6.30. The summed E-state index contributed by atoms with van der Waals surface area (Å²) in [4.78, 5) is 25.8. The summed E-state index contributed by atoms with van der Waals surface area (Å²) in [5.74, 6) is 0.165. The van der Waals surface area contributed by atoms with Crippen LogP contribution in [0.4, 0.5) is 10.5 Å². The van der Waals surface area contributed by atoms with Crippen molar-refractivity contribution in [1.82, 2.24) is 20.0 Å². The van der Waals surface area contributed by atoms with Crippen molar-refractivity contribution in [3.8, 4) is 0 Å². The van der Waals surface area contributed by atoms with Crippen LogP contribution < -0.4 is 10.6 Å². The van der Waals surface area contributed by atoms with Crippen molar-refractivity contribution >= 4 is 17.6 Å². The van der Waals surface area contributed by atoms with E-state index in [1.54, 1.807) is 15.8 Å². The van der Waals surface area contributed by atoms with Gasteiger partial charge < -0.3 is 15.5 Å². The van der Waals surface area contributed by atoms with E-state index in [1.807, 2.05) is 43.5 Å². The van der Waals surface area contributed by atoms with Crippen LogP contribution in [0.15, 0.2) is 42.7 Å². The Labute approximate surface area is 147 Å². The molecule has 1 aromatic heterocycles. The van der Waals surface area contributed by atoms with Gasteiger partial charge in [-0.15, -0.1) is 0 Å². The molecule has 25 heavy (non-hydrogen) atoms. The van der Waals surface area contributed by atoms with Crippen molar-refractivity contribution < 1.29 is 9.59 Å². The Morgan fingerprint density at radius 3 is 2.88 bits per heavy atom. The van der Waals surface area contributed by atoms with Crippen LogP contribution >= 0.6 is 0 Å². The number of para-hydroxylation sites is 1. The quantitative estimate of drug-likeness (QED) is 0.844. The molecule has 0 unspecified atom stereocenters. The van der Waals surface area contributed by atoms with Crippen molar-refractivity contribution in [1.29, 1.82) is 0 Å². The molecule has 1 saturated heterocycles. The first kappa shape index (κ1) is 17.0. The molecule has 1 fully saturated rings. The fourth-order valence-corrected chi connectivity index (χ4v) is 3.00. The van der Waals surface area contributed by atoms with Gasteiger partial charge in [0.25, 0.3) is 0 Å². The lowest BCUT2D eigenvalue weighted by Crippen LogP contribution is -2.44. The number of aromatic nitrogens is 2. The SMILES string of the molecule is C[C@@H](CN1CCCC1=O)NC(=O)Nc1ccccc1Cn1cccn1. The van der Waals surface area contributed by atoms with Crippen LogP contribution in [0.1, 0.15) is 25.3 Å². The zero-order valence-electron chi connectivity index (χ0n) is 14.3. The second-order valence-electron chi connectivity index (χ2n) is 6.30. The Hall–Kier alpha value is -2.83. The Morgan fingerprint density at radius 2 is 2.16 bits per heavy atom. The molecule has 2 N–H and O–H groups in total. The number of nitrogens with one attached hydrogen (secondary N) is 2. The molecule has 7 nitrogen and oxygen atoms in total. The van der Waals surface area contributed by atoms with E-state index in [-0.39, 0.29) is 18.0 Å². The molecule has 0 spiro atoms. The van der Waals surface area contributed by atoms with Gasteiger partial charge in [0.2, 0.25) is 5.91 Å². The number of carbonyl (C=O) groups is 2. The molecule has 1 atom stereocenters.